The van der Waals surface area contributed by atoms with Gasteiger partial charge in [0.25, 0.3) is 0 Å². The second kappa shape index (κ2) is 14.8. The molecule has 1 aliphatic carbocycles. The molecule has 0 amide bonds. The van der Waals surface area contributed by atoms with E-state index in [1.807, 2.05) is 0 Å². The number of anilines is 1. The van der Waals surface area contributed by atoms with Crippen molar-refractivity contribution in [2.75, 3.05) is 5.32 Å². The summed E-state index contributed by atoms with van der Waals surface area (Å²) >= 11 is 0. The molecule has 0 radical (unpaired) electrons. The number of hydrogen-bond acceptors (Lipinski definition) is 3. The first kappa shape index (κ1) is 38.6. The number of allylic oxidation sites excluding steroid dienone is 1. The molecule has 3 nitrogen and oxygen atoms in total. The SMILES string of the molecule is CCC1C=C(c2cc3ccccc3c3ccccc23)c2ccccc2N=C1c1ccc2c(c1)C(C)(C)c1cc(C3N=C(c4cc5ccccc5c5ccccc45)c4ccccc4N3)ccc1-2. The van der Waals surface area contributed by atoms with Crippen molar-refractivity contribution in [3.63, 3.8) is 0 Å². The Balaban J connectivity index is 0.900. The zero-order valence-electron chi connectivity index (χ0n) is 37.3. The predicted octanol–water partition coefficient (Wildman–Crippen LogP) is 16.2. The molecule has 3 aliphatic rings. The van der Waals surface area contributed by atoms with Gasteiger partial charge in [0, 0.05) is 33.7 Å². The Morgan fingerprint density at radius 2 is 1.05 bits per heavy atom. The molecule has 0 fully saturated rings. The summed E-state index contributed by atoms with van der Waals surface area (Å²) in [5.74, 6) is 0.112. The minimum atomic E-state index is -0.257. The Labute approximate surface area is 385 Å². The number of nitrogens with zero attached hydrogens (tertiary/aromatic N) is 2. The highest BCUT2D eigenvalue weighted by atomic mass is 15.1. The third-order valence-electron chi connectivity index (χ3n) is 14.7. The summed E-state index contributed by atoms with van der Waals surface area (Å²) in [6.45, 7) is 7.07. The van der Waals surface area contributed by atoms with Crippen LogP contribution in [0.15, 0.2) is 210 Å². The molecule has 0 bridgehead atoms. The Hall–Kier alpha value is -7.88. The van der Waals surface area contributed by atoms with Gasteiger partial charge in [-0.2, -0.15) is 0 Å². The van der Waals surface area contributed by atoms with Gasteiger partial charge < -0.3 is 5.32 Å². The van der Waals surface area contributed by atoms with E-state index in [0.29, 0.717) is 0 Å². The highest BCUT2D eigenvalue weighted by molar-refractivity contribution is 6.26. The lowest BCUT2D eigenvalue weighted by atomic mass is 9.80. The van der Waals surface area contributed by atoms with Crippen LogP contribution in [0.1, 0.15) is 77.9 Å². The molecule has 10 aromatic rings. The molecule has 3 heteroatoms. The van der Waals surface area contributed by atoms with Gasteiger partial charge in [-0.25, -0.2) is 0 Å². The van der Waals surface area contributed by atoms with E-state index in [1.54, 1.807) is 0 Å². The summed E-state index contributed by atoms with van der Waals surface area (Å²) < 4.78 is 0. The number of fused-ring (bicyclic) bond motifs is 11. The number of hydrogen-bond donors (Lipinski definition) is 1. The summed E-state index contributed by atoms with van der Waals surface area (Å²) in [6.07, 6.45) is 3.18. The van der Waals surface area contributed by atoms with Crippen molar-refractivity contribution < 1.29 is 0 Å². The second-order valence-corrected chi connectivity index (χ2v) is 18.8. The van der Waals surface area contributed by atoms with Crippen LogP contribution in [0.2, 0.25) is 0 Å². The average molecular weight is 846 g/mol. The minimum Gasteiger partial charge on any atom is -0.360 e. The largest absolute Gasteiger partial charge is 0.360 e. The summed E-state index contributed by atoms with van der Waals surface area (Å²) in [5, 5.41) is 13.9. The number of rotatable bonds is 5. The van der Waals surface area contributed by atoms with E-state index in [9.17, 15) is 0 Å². The second-order valence-electron chi connectivity index (χ2n) is 18.8. The van der Waals surface area contributed by atoms with E-state index in [1.165, 1.54) is 87.6 Å². The fourth-order valence-corrected chi connectivity index (χ4v) is 11.4. The van der Waals surface area contributed by atoms with Crippen LogP contribution in [0.25, 0.3) is 59.8 Å². The number of aliphatic imine (C=N–C) groups is 2. The van der Waals surface area contributed by atoms with Crippen LogP contribution in [-0.2, 0) is 5.41 Å². The number of nitrogens with one attached hydrogen (secondary N) is 1. The van der Waals surface area contributed by atoms with Crippen LogP contribution in [0.3, 0.4) is 0 Å². The van der Waals surface area contributed by atoms with Gasteiger partial charge in [-0.15, -0.1) is 0 Å². The Bertz CT molecular complexity index is 3770. The first-order chi connectivity index (χ1) is 32.4. The van der Waals surface area contributed by atoms with E-state index in [0.717, 1.165) is 45.9 Å². The van der Waals surface area contributed by atoms with E-state index >= 15 is 0 Å². The van der Waals surface area contributed by atoms with Crippen LogP contribution in [0.5, 0.6) is 0 Å². The van der Waals surface area contributed by atoms with Crippen molar-refractivity contribution in [3.05, 3.63) is 245 Å². The van der Waals surface area contributed by atoms with Crippen LogP contribution < -0.4 is 5.32 Å². The van der Waals surface area contributed by atoms with Crippen molar-refractivity contribution in [1.82, 2.24) is 0 Å². The molecule has 1 N–H and O–H groups in total. The summed E-state index contributed by atoms with van der Waals surface area (Å²) in [6, 6.07) is 71.3. The van der Waals surface area contributed by atoms with E-state index in [4.69, 9.17) is 9.98 Å². The monoisotopic (exact) mass is 845 g/mol. The van der Waals surface area contributed by atoms with Gasteiger partial charge in [0.1, 0.15) is 6.17 Å². The molecule has 0 aromatic heterocycles. The first-order valence-electron chi connectivity index (χ1n) is 23.4. The maximum absolute atomic E-state index is 5.61. The normalized spacial score (nSPS) is 17.0. The topological polar surface area (TPSA) is 36.8 Å². The predicted molar refractivity (Wildman–Crippen MR) is 279 cm³/mol. The quantitative estimate of drug-likeness (QED) is 0.172. The van der Waals surface area contributed by atoms with Crippen molar-refractivity contribution >= 4 is 71.5 Å². The molecule has 2 unspecified atom stereocenters. The highest BCUT2D eigenvalue weighted by Gasteiger charge is 2.37. The van der Waals surface area contributed by atoms with E-state index < -0.39 is 0 Å². The van der Waals surface area contributed by atoms with Crippen LogP contribution in [0.4, 0.5) is 11.4 Å². The molecular formula is C63H47N3. The van der Waals surface area contributed by atoms with Gasteiger partial charge >= 0.3 is 0 Å². The molecule has 0 saturated carbocycles. The molecule has 314 valence electrons. The Morgan fingerprint density at radius 3 is 1.76 bits per heavy atom. The standard InChI is InChI=1S/C63H47N3/c1-4-38-33-54(53-34-39-17-5-7-19-43(39)45-21-9-11-23-47(45)53)51-25-13-15-27-58(51)64-60(38)41-29-31-49-50-32-30-42(37-57(50)63(2,3)56(49)36-41)62-65-59-28-16-14-26-52(59)61(66-62)55-35-40-18-6-8-20-44(40)46-22-10-12-24-48(46)55/h5-38,62,65H,4H2,1-3H3. The van der Waals surface area contributed by atoms with E-state index in [-0.39, 0.29) is 17.5 Å². The van der Waals surface area contributed by atoms with E-state index in [2.05, 4.69) is 226 Å². The number of para-hydroxylation sites is 2. The van der Waals surface area contributed by atoms with Gasteiger partial charge in [0.2, 0.25) is 0 Å². The maximum Gasteiger partial charge on any atom is 0.145 e. The van der Waals surface area contributed by atoms with Gasteiger partial charge in [-0.05, 0) is 124 Å². The fraction of sp³-hybridized carbons (Fsp3) is 0.111. The molecule has 66 heavy (non-hydrogen) atoms. The van der Waals surface area contributed by atoms with Gasteiger partial charge in [0.15, 0.2) is 0 Å². The number of benzene rings is 10. The van der Waals surface area contributed by atoms with Crippen LogP contribution in [-0.4, -0.2) is 11.4 Å². The maximum atomic E-state index is 5.61. The highest BCUT2D eigenvalue weighted by Crippen LogP contribution is 2.51. The zero-order chi connectivity index (χ0) is 44.1. The average Bonchev–Trinajstić information content (AvgIpc) is 3.47. The third kappa shape index (κ3) is 5.89. The summed E-state index contributed by atoms with van der Waals surface area (Å²) in [7, 11) is 0. The van der Waals surface area contributed by atoms with Crippen molar-refractivity contribution in [3.8, 4) is 11.1 Å². The molecule has 0 spiro atoms. The lowest BCUT2D eigenvalue weighted by Gasteiger charge is -2.28. The zero-order valence-corrected chi connectivity index (χ0v) is 37.3. The van der Waals surface area contributed by atoms with Gasteiger partial charge in [0.05, 0.1) is 17.1 Å². The third-order valence-corrected chi connectivity index (χ3v) is 14.7. The Kier molecular flexibility index (Phi) is 8.67. The molecular weight excluding hydrogens is 799 g/mol. The summed E-state index contributed by atoms with van der Waals surface area (Å²) in [4.78, 5) is 11.2. The van der Waals surface area contributed by atoms with Crippen molar-refractivity contribution in [2.45, 2.75) is 38.8 Å². The molecule has 13 rings (SSSR count). The van der Waals surface area contributed by atoms with Crippen molar-refractivity contribution in [2.24, 2.45) is 15.9 Å². The molecule has 2 heterocycles. The Morgan fingerprint density at radius 1 is 0.485 bits per heavy atom. The first-order valence-corrected chi connectivity index (χ1v) is 23.4. The lowest BCUT2D eigenvalue weighted by molar-refractivity contribution is 0.657. The fourth-order valence-electron chi connectivity index (χ4n) is 11.4. The molecule has 2 aliphatic heterocycles. The minimum absolute atomic E-state index is 0.112. The summed E-state index contributed by atoms with van der Waals surface area (Å²) in [5.41, 5.74) is 17.5. The molecule has 0 saturated heterocycles. The van der Waals surface area contributed by atoms with Crippen molar-refractivity contribution in [1.29, 1.82) is 0 Å². The lowest BCUT2D eigenvalue weighted by Crippen LogP contribution is -2.22. The van der Waals surface area contributed by atoms with Crippen LogP contribution >= 0.6 is 0 Å². The van der Waals surface area contributed by atoms with Gasteiger partial charge in [-0.1, -0.05) is 191 Å². The van der Waals surface area contributed by atoms with Crippen LogP contribution in [0, 0.1) is 5.92 Å². The molecule has 2 atom stereocenters. The molecule has 10 aromatic carbocycles. The van der Waals surface area contributed by atoms with Gasteiger partial charge in [-0.3, -0.25) is 9.98 Å². The smallest absolute Gasteiger partial charge is 0.145 e.